The summed E-state index contributed by atoms with van der Waals surface area (Å²) in [6, 6.07) is 18.9. The Morgan fingerprint density at radius 3 is 2.07 bits per heavy atom. The normalized spacial score (nSPS) is 12.2. The minimum atomic E-state index is -2.88. The summed E-state index contributed by atoms with van der Waals surface area (Å²) in [5, 5.41) is 0.125. The highest BCUT2D eigenvalue weighted by Crippen LogP contribution is 2.30. The van der Waals surface area contributed by atoms with Crippen LogP contribution in [0, 0.1) is 5.82 Å². The highest BCUT2D eigenvalue weighted by atomic mass is 35.5. The number of rotatable bonds is 8. The van der Waals surface area contributed by atoms with E-state index >= 15 is 0 Å². The standard InChI is InChI=1S/C24H22ClF3O/c1-2-3-20(25)14-16-4-6-17(7-5-16)19-10-13-22(23(26)15-19)18-8-11-21(12-9-18)29-24(27)28/h4-13,15,20,24H,2-3,14H2,1H3. The van der Waals surface area contributed by atoms with Crippen LogP contribution in [0.5, 0.6) is 5.75 Å². The molecule has 0 radical (unpaired) electrons. The molecule has 0 fully saturated rings. The molecule has 0 aliphatic rings. The maximum atomic E-state index is 14.7. The molecule has 152 valence electrons. The van der Waals surface area contributed by atoms with Crippen molar-refractivity contribution in [3.05, 3.63) is 78.1 Å². The van der Waals surface area contributed by atoms with Crippen molar-refractivity contribution in [2.24, 2.45) is 0 Å². The number of benzene rings is 3. The quantitative estimate of drug-likeness (QED) is 0.340. The fourth-order valence-electron chi connectivity index (χ4n) is 3.25. The van der Waals surface area contributed by atoms with E-state index in [1.807, 2.05) is 30.3 Å². The molecule has 3 rings (SSSR count). The Morgan fingerprint density at radius 2 is 1.48 bits per heavy atom. The summed E-state index contributed by atoms with van der Waals surface area (Å²) in [6.07, 6.45) is 2.85. The molecule has 0 N–H and O–H groups in total. The predicted octanol–water partition coefficient (Wildman–Crippen LogP) is 7.71. The molecule has 0 aliphatic heterocycles. The summed E-state index contributed by atoms with van der Waals surface area (Å²) in [6.45, 7) is -0.771. The number of ether oxygens (including phenoxy) is 1. The van der Waals surface area contributed by atoms with Crippen LogP contribution in [0.4, 0.5) is 13.2 Å². The van der Waals surface area contributed by atoms with Gasteiger partial charge in [0.2, 0.25) is 0 Å². The van der Waals surface area contributed by atoms with E-state index in [1.165, 1.54) is 18.2 Å². The van der Waals surface area contributed by atoms with Crippen molar-refractivity contribution in [1.29, 1.82) is 0 Å². The van der Waals surface area contributed by atoms with Crippen LogP contribution >= 0.6 is 11.6 Å². The number of hydrogen-bond acceptors (Lipinski definition) is 1. The zero-order chi connectivity index (χ0) is 20.8. The van der Waals surface area contributed by atoms with Crippen LogP contribution in [0.1, 0.15) is 25.3 Å². The predicted molar refractivity (Wildman–Crippen MR) is 112 cm³/mol. The van der Waals surface area contributed by atoms with Crippen molar-refractivity contribution in [2.75, 3.05) is 0 Å². The lowest BCUT2D eigenvalue weighted by Crippen LogP contribution is -2.02. The second kappa shape index (κ2) is 9.84. The Hall–Kier alpha value is -2.46. The van der Waals surface area contributed by atoms with Crippen molar-refractivity contribution in [3.63, 3.8) is 0 Å². The van der Waals surface area contributed by atoms with Crippen LogP contribution in [0.15, 0.2) is 66.7 Å². The Balaban J connectivity index is 1.75. The van der Waals surface area contributed by atoms with E-state index in [9.17, 15) is 13.2 Å². The molecule has 0 aromatic heterocycles. The molecule has 3 aromatic rings. The van der Waals surface area contributed by atoms with Gasteiger partial charge in [0.1, 0.15) is 11.6 Å². The Morgan fingerprint density at radius 1 is 0.862 bits per heavy atom. The van der Waals surface area contributed by atoms with Crippen molar-refractivity contribution in [1.82, 2.24) is 0 Å². The van der Waals surface area contributed by atoms with Gasteiger partial charge in [-0.3, -0.25) is 0 Å². The first-order chi connectivity index (χ1) is 14.0. The maximum absolute atomic E-state index is 14.7. The molecular formula is C24H22ClF3O. The molecule has 0 heterocycles. The smallest absolute Gasteiger partial charge is 0.387 e. The van der Waals surface area contributed by atoms with Gasteiger partial charge in [0.25, 0.3) is 0 Å². The minimum Gasteiger partial charge on any atom is -0.435 e. The van der Waals surface area contributed by atoms with Crippen molar-refractivity contribution >= 4 is 11.6 Å². The molecular weight excluding hydrogens is 397 g/mol. The van der Waals surface area contributed by atoms with Gasteiger partial charge in [-0.15, -0.1) is 11.6 Å². The van der Waals surface area contributed by atoms with E-state index in [0.717, 1.165) is 36.0 Å². The van der Waals surface area contributed by atoms with Crippen LogP contribution in [-0.4, -0.2) is 12.0 Å². The topological polar surface area (TPSA) is 9.23 Å². The Bertz CT molecular complexity index is 924. The fraction of sp³-hybridized carbons (Fsp3) is 0.250. The average molecular weight is 419 g/mol. The number of halogens is 4. The first-order valence-corrected chi connectivity index (χ1v) is 9.98. The monoisotopic (exact) mass is 418 g/mol. The zero-order valence-electron chi connectivity index (χ0n) is 16.0. The van der Waals surface area contributed by atoms with Crippen LogP contribution in [0.2, 0.25) is 0 Å². The van der Waals surface area contributed by atoms with Gasteiger partial charge in [-0.2, -0.15) is 8.78 Å². The molecule has 1 unspecified atom stereocenters. The minimum absolute atomic E-state index is 0.0407. The Kier molecular flexibility index (Phi) is 7.21. The van der Waals surface area contributed by atoms with Gasteiger partial charge in [-0.25, -0.2) is 4.39 Å². The second-order valence-electron chi connectivity index (χ2n) is 6.88. The molecule has 0 saturated carbocycles. The molecule has 0 bridgehead atoms. The average Bonchev–Trinajstić information content (AvgIpc) is 2.69. The molecule has 0 aliphatic carbocycles. The number of hydrogen-bond donors (Lipinski definition) is 0. The maximum Gasteiger partial charge on any atom is 0.387 e. The lowest BCUT2D eigenvalue weighted by Gasteiger charge is -2.10. The van der Waals surface area contributed by atoms with Crippen LogP contribution in [0.3, 0.4) is 0 Å². The van der Waals surface area contributed by atoms with Crippen LogP contribution in [-0.2, 0) is 6.42 Å². The van der Waals surface area contributed by atoms with Gasteiger partial charge in [0.15, 0.2) is 0 Å². The lowest BCUT2D eigenvalue weighted by atomic mass is 9.98. The first-order valence-electron chi connectivity index (χ1n) is 9.54. The molecule has 29 heavy (non-hydrogen) atoms. The summed E-state index contributed by atoms with van der Waals surface area (Å²) in [5.41, 5.74) is 3.84. The fourth-order valence-corrected chi connectivity index (χ4v) is 3.65. The SMILES string of the molecule is CCCC(Cl)Cc1ccc(-c2ccc(-c3ccc(OC(F)F)cc3)c(F)c2)cc1. The molecule has 0 amide bonds. The summed E-state index contributed by atoms with van der Waals surface area (Å²) in [7, 11) is 0. The van der Waals surface area contributed by atoms with Gasteiger partial charge >= 0.3 is 6.61 Å². The van der Waals surface area contributed by atoms with E-state index in [2.05, 4.69) is 11.7 Å². The summed E-state index contributed by atoms with van der Waals surface area (Å²) in [4.78, 5) is 0. The molecule has 0 saturated heterocycles. The van der Waals surface area contributed by atoms with E-state index in [4.69, 9.17) is 11.6 Å². The van der Waals surface area contributed by atoms with Crippen molar-refractivity contribution < 1.29 is 17.9 Å². The largest absolute Gasteiger partial charge is 0.435 e. The van der Waals surface area contributed by atoms with E-state index in [-0.39, 0.29) is 16.9 Å². The van der Waals surface area contributed by atoms with E-state index < -0.39 is 6.61 Å². The Labute approximate surface area is 174 Å². The van der Waals surface area contributed by atoms with Crippen molar-refractivity contribution in [2.45, 2.75) is 38.2 Å². The number of alkyl halides is 3. The van der Waals surface area contributed by atoms with Gasteiger partial charge in [-0.1, -0.05) is 61.9 Å². The third kappa shape index (κ3) is 5.77. The first kappa shape index (κ1) is 21.3. The van der Waals surface area contributed by atoms with Gasteiger partial charge in [0, 0.05) is 10.9 Å². The third-order valence-corrected chi connectivity index (χ3v) is 5.08. The highest BCUT2D eigenvalue weighted by Gasteiger charge is 2.10. The van der Waals surface area contributed by atoms with Crippen LogP contribution in [0.25, 0.3) is 22.3 Å². The molecule has 1 nitrogen and oxygen atoms in total. The van der Waals surface area contributed by atoms with Crippen molar-refractivity contribution in [3.8, 4) is 28.0 Å². The summed E-state index contributed by atoms with van der Waals surface area (Å²) in [5.74, 6) is -0.336. The summed E-state index contributed by atoms with van der Waals surface area (Å²) < 4.78 is 43.5. The van der Waals surface area contributed by atoms with Gasteiger partial charge < -0.3 is 4.74 Å². The third-order valence-electron chi connectivity index (χ3n) is 4.71. The summed E-state index contributed by atoms with van der Waals surface area (Å²) >= 11 is 6.31. The highest BCUT2D eigenvalue weighted by molar-refractivity contribution is 6.20. The van der Waals surface area contributed by atoms with Crippen LogP contribution < -0.4 is 4.74 Å². The molecule has 1 atom stereocenters. The molecule has 0 spiro atoms. The van der Waals surface area contributed by atoms with Gasteiger partial charge in [-0.05, 0) is 53.3 Å². The van der Waals surface area contributed by atoms with E-state index in [0.29, 0.717) is 11.1 Å². The second-order valence-corrected chi connectivity index (χ2v) is 7.50. The molecule has 3 aromatic carbocycles. The van der Waals surface area contributed by atoms with E-state index in [1.54, 1.807) is 18.2 Å². The lowest BCUT2D eigenvalue weighted by molar-refractivity contribution is -0.0498. The molecule has 5 heteroatoms. The van der Waals surface area contributed by atoms with Gasteiger partial charge in [0.05, 0.1) is 0 Å². The zero-order valence-corrected chi connectivity index (χ0v) is 16.8.